The molecule has 0 aliphatic carbocycles. The molecule has 0 atom stereocenters. The smallest absolute Gasteiger partial charge is 0.296 e. The summed E-state index contributed by atoms with van der Waals surface area (Å²) in [6, 6.07) is 17.8. The number of rotatable bonds is 14. The monoisotopic (exact) mass is 1040 g/mol. The van der Waals surface area contributed by atoms with Gasteiger partial charge in [0.2, 0.25) is 35.0 Å². The van der Waals surface area contributed by atoms with Gasteiger partial charge in [-0.05, 0) is 83.9 Å². The van der Waals surface area contributed by atoms with Gasteiger partial charge in [-0.1, -0.05) is 24.3 Å². The predicted molar refractivity (Wildman–Crippen MR) is 250 cm³/mol. The molecule has 2 aliphatic heterocycles. The van der Waals surface area contributed by atoms with Gasteiger partial charge in [0.15, 0.2) is 0 Å². The minimum atomic E-state index is -4.94. The van der Waals surface area contributed by atoms with Crippen molar-refractivity contribution in [2.75, 3.05) is 73.0 Å². The van der Waals surface area contributed by atoms with Crippen LogP contribution in [0, 0.1) is 0 Å². The fraction of sp³-hybridized carbons (Fsp3) is 0.200. The van der Waals surface area contributed by atoms with Crippen LogP contribution in [0.3, 0.4) is 0 Å². The van der Waals surface area contributed by atoms with E-state index in [4.69, 9.17) is 9.47 Å². The topological polar surface area (TPSA) is 374 Å². The van der Waals surface area contributed by atoms with Crippen molar-refractivity contribution >= 4 is 99.2 Å². The van der Waals surface area contributed by atoms with Gasteiger partial charge in [-0.15, -0.1) is 0 Å². The molecule has 30 heteroatoms. The Morgan fingerprint density at radius 1 is 0.500 bits per heavy atom. The highest BCUT2D eigenvalue weighted by molar-refractivity contribution is 7.86. The molecular formula is C40H40N12O14S4. The van der Waals surface area contributed by atoms with E-state index in [2.05, 4.69) is 50.5 Å². The molecule has 0 amide bonds. The molecule has 8 N–H and O–H groups in total. The molecule has 70 heavy (non-hydrogen) atoms. The minimum absolute atomic E-state index is 0.0338. The molecular weight excluding hydrogens is 1000 g/mol. The number of hydrogen-bond acceptors (Lipinski definition) is 20. The van der Waals surface area contributed by atoms with Crippen LogP contribution in [0.15, 0.2) is 114 Å². The van der Waals surface area contributed by atoms with Gasteiger partial charge in [0.05, 0.1) is 47.6 Å². The van der Waals surface area contributed by atoms with E-state index < -0.39 is 50.3 Å². The second kappa shape index (κ2) is 20.2. The maximum Gasteiger partial charge on any atom is 0.296 e. The Hall–Kier alpha value is -7.00. The number of H-pyrrole nitrogens is 2. The van der Waals surface area contributed by atoms with Gasteiger partial charge in [-0.3, -0.25) is 28.2 Å². The van der Waals surface area contributed by atoms with Gasteiger partial charge < -0.3 is 29.9 Å². The third-order valence-electron chi connectivity index (χ3n) is 10.2. The van der Waals surface area contributed by atoms with E-state index in [1.807, 2.05) is 9.80 Å². The number of aromatic nitrogens is 6. The van der Waals surface area contributed by atoms with Crippen molar-refractivity contribution in [1.82, 2.24) is 29.9 Å². The second-order valence-corrected chi connectivity index (χ2v) is 20.7. The molecule has 0 radical (unpaired) electrons. The normalized spacial score (nSPS) is 15.7. The summed E-state index contributed by atoms with van der Waals surface area (Å²) < 4.78 is 148. The number of nitrogens with zero attached hydrogens (tertiary/aromatic N) is 8. The van der Waals surface area contributed by atoms with Crippen LogP contribution in [0.2, 0.25) is 0 Å². The molecule has 0 spiro atoms. The van der Waals surface area contributed by atoms with E-state index in [-0.39, 0.29) is 67.3 Å². The lowest BCUT2D eigenvalue weighted by Gasteiger charge is -2.27. The van der Waals surface area contributed by atoms with Crippen LogP contribution in [0.4, 0.5) is 46.5 Å². The lowest BCUT2D eigenvalue weighted by molar-refractivity contribution is 0.122. The summed E-state index contributed by atoms with van der Waals surface area (Å²) in [6.45, 7) is 3.22. The number of morpholine rings is 2. The zero-order valence-electron chi connectivity index (χ0n) is 36.0. The maximum absolute atomic E-state index is 12.8. The van der Waals surface area contributed by atoms with Crippen molar-refractivity contribution in [3.05, 3.63) is 107 Å². The second-order valence-electron chi connectivity index (χ2n) is 15.0. The van der Waals surface area contributed by atoms with Crippen molar-refractivity contribution in [3.63, 3.8) is 0 Å². The Bertz CT molecular complexity index is 3350. The van der Waals surface area contributed by atoms with Crippen LogP contribution in [-0.4, -0.2) is 134 Å². The van der Waals surface area contributed by atoms with Crippen molar-refractivity contribution in [3.8, 4) is 0 Å². The molecule has 8 rings (SSSR count). The van der Waals surface area contributed by atoms with E-state index in [9.17, 15) is 51.9 Å². The molecule has 2 fully saturated rings. The van der Waals surface area contributed by atoms with Crippen molar-refractivity contribution < 1.29 is 61.4 Å². The highest BCUT2D eigenvalue weighted by Crippen LogP contribution is 2.29. The summed E-state index contributed by atoms with van der Waals surface area (Å²) in [5.74, 6) is 0.468. The van der Waals surface area contributed by atoms with E-state index in [1.165, 1.54) is 60.7 Å². The molecule has 26 nitrogen and oxygen atoms in total. The summed E-state index contributed by atoms with van der Waals surface area (Å²) in [5, 5.41) is 5.85. The van der Waals surface area contributed by atoms with Crippen molar-refractivity contribution in [1.29, 1.82) is 0 Å². The van der Waals surface area contributed by atoms with Gasteiger partial charge in [0.25, 0.3) is 40.5 Å². The van der Waals surface area contributed by atoms with Crippen LogP contribution >= 0.6 is 0 Å². The number of ether oxygens (including phenoxy) is 2. The molecule has 4 aromatic carbocycles. The SMILES string of the molecule is O=S(=O)(O)c1ccc(Nc2nc(N3CCOCC3)[nH]c(=Nc3ccc(/C=C/c4ccc(N=c5nc(Nc6ccc(S(=O)(=O)O)cc6)nc(N6CCOCC6)[nH]5)c(S(=O)(=O)O)c4)cc3S(=O)(=O)O)n2)cc1. The molecule has 2 aliphatic rings. The Morgan fingerprint density at radius 3 is 1.19 bits per heavy atom. The van der Waals surface area contributed by atoms with Crippen LogP contribution in [0.25, 0.3) is 12.2 Å². The van der Waals surface area contributed by atoms with Gasteiger partial charge in [-0.2, -0.15) is 53.6 Å². The summed E-state index contributed by atoms with van der Waals surface area (Å²) in [5.41, 5.74) is 0.308. The first-order valence-corrected chi connectivity index (χ1v) is 26.2. The van der Waals surface area contributed by atoms with Crippen LogP contribution in [0.1, 0.15) is 11.1 Å². The number of nitrogens with one attached hydrogen (secondary N) is 4. The molecule has 2 saturated heterocycles. The predicted octanol–water partition coefficient (Wildman–Crippen LogP) is 2.71. The molecule has 0 saturated carbocycles. The van der Waals surface area contributed by atoms with Gasteiger partial charge in [0, 0.05) is 37.6 Å². The summed E-state index contributed by atoms with van der Waals surface area (Å²) in [6.07, 6.45) is 2.82. The van der Waals surface area contributed by atoms with Gasteiger partial charge in [-0.25, -0.2) is 9.98 Å². The van der Waals surface area contributed by atoms with Gasteiger partial charge >= 0.3 is 0 Å². The van der Waals surface area contributed by atoms with Crippen LogP contribution in [-0.2, 0) is 49.9 Å². The summed E-state index contributed by atoms with van der Waals surface area (Å²) in [4.78, 5) is 34.1. The van der Waals surface area contributed by atoms with Crippen LogP contribution in [0.5, 0.6) is 0 Å². The molecule has 0 bridgehead atoms. The average Bonchev–Trinajstić information content (AvgIpc) is 3.31. The molecule has 2 aromatic heterocycles. The molecule has 4 heterocycles. The van der Waals surface area contributed by atoms with E-state index in [0.717, 1.165) is 36.4 Å². The first kappa shape index (κ1) is 49.4. The Labute approximate surface area is 398 Å². The van der Waals surface area contributed by atoms with Crippen LogP contribution < -0.4 is 31.7 Å². The van der Waals surface area contributed by atoms with Crippen molar-refractivity contribution in [2.24, 2.45) is 9.98 Å². The summed E-state index contributed by atoms with van der Waals surface area (Å²) >= 11 is 0. The molecule has 0 unspecified atom stereocenters. The maximum atomic E-state index is 12.8. The van der Waals surface area contributed by atoms with Crippen molar-refractivity contribution in [2.45, 2.75) is 19.6 Å². The average molecular weight is 1040 g/mol. The first-order valence-electron chi connectivity index (χ1n) is 20.5. The van der Waals surface area contributed by atoms with E-state index >= 15 is 0 Å². The quantitative estimate of drug-likeness (QED) is 0.0574. The largest absolute Gasteiger partial charge is 0.378 e. The highest BCUT2D eigenvalue weighted by Gasteiger charge is 2.21. The van der Waals surface area contributed by atoms with E-state index in [0.29, 0.717) is 64.0 Å². The highest BCUT2D eigenvalue weighted by atomic mass is 32.2. The fourth-order valence-electron chi connectivity index (χ4n) is 6.80. The zero-order chi connectivity index (χ0) is 49.8. The zero-order valence-corrected chi connectivity index (χ0v) is 39.2. The third-order valence-corrected chi connectivity index (χ3v) is 13.7. The first-order chi connectivity index (χ1) is 33.1. The number of hydrogen-bond donors (Lipinski definition) is 8. The lowest BCUT2D eigenvalue weighted by Crippen LogP contribution is -2.38. The van der Waals surface area contributed by atoms with Gasteiger partial charge in [0.1, 0.15) is 9.79 Å². The fourth-order valence-corrected chi connectivity index (χ4v) is 9.08. The Morgan fingerprint density at radius 2 is 0.857 bits per heavy atom. The number of anilines is 6. The lowest BCUT2D eigenvalue weighted by atomic mass is 10.1. The summed E-state index contributed by atoms with van der Waals surface area (Å²) in [7, 11) is -18.8. The third kappa shape index (κ3) is 12.6. The number of benzene rings is 4. The molecule has 368 valence electrons. The number of aromatic amines is 2. The standard InChI is InChI=1S/C40H40N12O14S4/c53-67(54,55)29-9-5-27(6-10-29)41-35-45-37(49-39(47-35)51-15-19-65-20-16-51)43-31-13-3-25(23-33(31)69(59,60)61)1-2-26-4-14-32(34(24-26)70(62,63)64)44-38-46-36(48-40(50-38)52-17-21-66-22-18-52)42-28-7-11-30(12-8-28)68(56,57)58/h1-14,23-24H,15-22H2,(H,53,54,55)(H,56,57,58)(H,59,60,61)(H,62,63,64)(H2,41,43,45,47,49)(H2,42,44,46,48,50)/b2-1+. The minimum Gasteiger partial charge on any atom is -0.378 e. The Kier molecular flexibility index (Phi) is 14.2. The van der Waals surface area contributed by atoms with E-state index in [1.54, 1.807) is 0 Å². The molecule has 6 aromatic rings. The Balaban J connectivity index is 1.11.